The van der Waals surface area contributed by atoms with Gasteiger partial charge in [-0.15, -0.1) is 11.3 Å². The van der Waals surface area contributed by atoms with Crippen molar-refractivity contribution in [2.24, 2.45) is 0 Å². The molecule has 0 bridgehead atoms. The summed E-state index contributed by atoms with van der Waals surface area (Å²) in [5, 5.41) is 14.6. The van der Waals surface area contributed by atoms with E-state index in [1.807, 2.05) is 29.6 Å². The second-order valence-corrected chi connectivity index (χ2v) is 8.03. The Kier molecular flexibility index (Phi) is 5.93. The lowest BCUT2D eigenvalue weighted by Gasteiger charge is -2.08. The molecular formula is C18H12BrN3O2S2. The molecule has 2 N–H and O–H groups in total. The summed E-state index contributed by atoms with van der Waals surface area (Å²) in [4.78, 5) is 27.6. The van der Waals surface area contributed by atoms with Crippen molar-refractivity contribution in [3.05, 3.63) is 68.2 Å². The Morgan fingerprint density at radius 2 is 2.08 bits per heavy atom. The number of anilines is 1. The van der Waals surface area contributed by atoms with E-state index in [0.717, 1.165) is 21.1 Å². The second kappa shape index (κ2) is 8.36. The summed E-state index contributed by atoms with van der Waals surface area (Å²) < 4.78 is 0.923. The van der Waals surface area contributed by atoms with Crippen LogP contribution in [0.15, 0.2) is 62.1 Å². The van der Waals surface area contributed by atoms with Gasteiger partial charge in [-0.25, -0.2) is 0 Å². The van der Waals surface area contributed by atoms with E-state index in [0.29, 0.717) is 21.8 Å². The number of carbonyl (C=O) groups excluding carboxylic acids is 1. The summed E-state index contributed by atoms with van der Waals surface area (Å²) in [6.07, 6.45) is 0. The van der Waals surface area contributed by atoms with Gasteiger partial charge in [-0.1, -0.05) is 33.8 Å². The van der Waals surface area contributed by atoms with Crippen LogP contribution in [-0.2, 0) is 4.79 Å². The van der Waals surface area contributed by atoms with Crippen LogP contribution >= 0.6 is 39.0 Å². The molecule has 3 rings (SSSR count). The number of pyridine rings is 1. The van der Waals surface area contributed by atoms with E-state index in [9.17, 15) is 14.9 Å². The quantitative estimate of drug-likeness (QED) is 0.567. The number of nitrogens with zero attached hydrogens (tertiary/aromatic N) is 1. The van der Waals surface area contributed by atoms with Gasteiger partial charge in [0.25, 0.3) is 0 Å². The van der Waals surface area contributed by atoms with Crippen LogP contribution in [0.25, 0.3) is 10.4 Å². The summed E-state index contributed by atoms with van der Waals surface area (Å²) in [5.74, 6) is -0.141. The highest BCUT2D eigenvalue weighted by atomic mass is 79.9. The predicted octanol–water partition coefficient (Wildman–Crippen LogP) is 4.47. The number of nitrogens with one attached hydrogen (secondary N) is 2. The molecule has 0 aliphatic heterocycles. The first-order valence-electron chi connectivity index (χ1n) is 7.46. The number of aromatic amines is 1. The molecule has 5 nitrogen and oxygen atoms in total. The minimum atomic E-state index is -0.303. The maximum Gasteiger partial charge on any atom is 0.249 e. The van der Waals surface area contributed by atoms with Gasteiger partial charge in [0, 0.05) is 26.7 Å². The van der Waals surface area contributed by atoms with E-state index in [1.54, 1.807) is 12.1 Å². The molecule has 0 saturated carbocycles. The van der Waals surface area contributed by atoms with Gasteiger partial charge >= 0.3 is 0 Å². The predicted molar refractivity (Wildman–Crippen MR) is 109 cm³/mol. The van der Waals surface area contributed by atoms with Crippen LogP contribution in [0.1, 0.15) is 5.56 Å². The SMILES string of the molecule is N#Cc1c(-c2cccs2)cc(=O)[nH]c1SCC(=O)Nc1ccc(Br)cc1. The van der Waals surface area contributed by atoms with Gasteiger partial charge in [0.15, 0.2) is 0 Å². The van der Waals surface area contributed by atoms with E-state index in [2.05, 4.69) is 32.3 Å². The maximum absolute atomic E-state index is 12.2. The average molecular weight is 446 g/mol. The molecule has 0 aliphatic rings. The highest BCUT2D eigenvalue weighted by molar-refractivity contribution is 9.10. The van der Waals surface area contributed by atoms with Gasteiger partial charge in [0.1, 0.15) is 6.07 Å². The number of halogens is 1. The summed E-state index contributed by atoms with van der Waals surface area (Å²) in [6, 6.07) is 14.5. The third-order valence-corrected chi connectivity index (χ3v) is 5.82. The fourth-order valence-electron chi connectivity index (χ4n) is 2.25. The van der Waals surface area contributed by atoms with Crippen LogP contribution in [0.2, 0.25) is 0 Å². The molecule has 0 saturated heterocycles. The molecule has 0 aliphatic carbocycles. The zero-order valence-corrected chi connectivity index (χ0v) is 16.5. The third-order valence-electron chi connectivity index (χ3n) is 3.38. The van der Waals surface area contributed by atoms with Crippen LogP contribution in [-0.4, -0.2) is 16.6 Å². The van der Waals surface area contributed by atoms with Gasteiger partial charge in [-0.3, -0.25) is 9.59 Å². The minimum Gasteiger partial charge on any atom is -0.325 e. The van der Waals surface area contributed by atoms with Gasteiger partial charge in [-0.05, 0) is 35.7 Å². The first-order chi connectivity index (χ1) is 12.6. The number of amides is 1. The van der Waals surface area contributed by atoms with Crippen LogP contribution in [0.5, 0.6) is 0 Å². The Morgan fingerprint density at radius 1 is 1.31 bits per heavy atom. The number of benzene rings is 1. The molecule has 0 atom stereocenters. The van der Waals surface area contributed by atoms with Gasteiger partial charge in [0.05, 0.1) is 16.3 Å². The highest BCUT2D eigenvalue weighted by Gasteiger charge is 2.15. The Balaban J connectivity index is 1.77. The van der Waals surface area contributed by atoms with Gasteiger partial charge in [-0.2, -0.15) is 5.26 Å². The molecule has 0 radical (unpaired) electrons. The van der Waals surface area contributed by atoms with Crippen molar-refractivity contribution in [1.29, 1.82) is 5.26 Å². The lowest BCUT2D eigenvalue weighted by Crippen LogP contribution is -2.15. The lowest BCUT2D eigenvalue weighted by atomic mass is 10.1. The number of hydrogen-bond acceptors (Lipinski definition) is 5. The van der Waals surface area contributed by atoms with E-state index < -0.39 is 0 Å². The summed E-state index contributed by atoms with van der Waals surface area (Å²) in [6.45, 7) is 0. The monoisotopic (exact) mass is 445 g/mol. The maximum atomic E-state index is 12.2. The smallest absolute Gasteiger partial charge is 0.249 e. The van der Waals surface area contributed by atoms with Crippen molar-refractivity contribution in [3.63, 3.8) is 0 Å². The largest absolute Gasteiger partial charge is 0.325 e. The Bertz CT molecular complexity index is 1020. The third kappa shape index (κ3) is 4.43. The molecule has 1 aromatic carbocycles. The summed E-state index contributed by atoms with van der Waals surface area (Å²) in [5.41, 5.74) is 1.33. The van der Waals surface area contributed by atoms with E-state index >= 15 is 0 Å². The second-order valence-electron chi connectivity index (χ2n) is 5.18. The van der Waals surface area contributed by atoms with E-state index in [-0.39, 0.29) is 17.2 Å². The fraction of sp³-hybridized carbons (Fsp3) is 0.0556. The number of rotatable bonds is 5. The number of aromatic nitrogens is 1. The molecular weight excluding hydrogens is 434 g/mol. The first kappa shape index (κ1) is 18.5. The van der Waals surface area contributed by atoms with E-state index in [4.69, 9.17) is 0 Å². The minimum absolute atomic E-state index is 0.0780. The van der Waals surface area contributed by atoms with Crippen molar-refractivity contribution in [2.45, 2.75) is 5.03 Å². The molecule has 26 heavy (non-hydrogen) atoms. The Hall–Kier alpha value is -2.34. The highest BCUT2D eigenvalue weighted by Crippen LogP contribution is 2.31. The number of H-pyrrole nitrogens is 1. The zero-order valence-electron chi connectivity index (χ0n) is 13.3. The van der Waals surface area contributed by atoms with Crippen LogP contribution in [0.4, 0.5) is 5.69 Å². The van der Waals surface area contributed by atoms with Crippen molar-refractivity contribution in [2.75, 3.05) is 11.1 Å². The van der Waals surface area contributed by atoms with Crippen molar-refractivity contribution < 1.29 is 4.79 Å². The average Bonchev–Trinajstić information content (AvgIpc) is 3.16. The number of carbonyl (C=O) groups is 1. The zero-order chi connectivity index (χ0) is 18.5. The summed E-state index contributed by atoms with van der Waals surface area (Å²) in [7, 11) is 0. The molecule has 1 amide bonds. The number of thioether (sulfide) groups is 1. The Morgan fingerprint density at radius 3 is 2.73 bits per heavy atom. The molecule has 8 heteroatoms. The first-order valence-corrected chi connectivity index (χ1v) is 10.1. The summed E-state index contributed by atoms with van der Waals surface area (Å²) >= 11 is 5.93. The van der Waals surface area contributed by atoms with Crippen LogP contribution < -0.4 is 10.9 Å². The molecule has 3 aromatic rings. The van der Waals surface area contributed by atoms with Gasteiger partial charge < -0.3 is 10.3 Å². The standard InChI is InChI=1S/C18H12BrN3O2S2/c19-11-3-5-12(6-4-11)21-17(24)10-26-18-14(9-20)13(8-16(23)22-18)15-2-1-7-25-15/h1-8H,10H2,(H,21,24)(H,22,23). The lowest BCUT2D eigenvalue weighted by molar-refractivity contribution is -0.113. The van der Waals surface area contributed by atoms with E-state index in [1.165, 1.54) is 17.4 Å². The number of nitriles is 1. The molecule has 0 unspecified atom stereocenters. The molecule has 2 aromatic heterocycles. The van der Waals surface area contributed by atoms with Gasteiger partial charge in [0.2, 0.25) is 11.5 Å². The molecule has 130 valence electrons. The Labute approximate surface area is 166 Å². The fourth-order valence-corrected chi connectivity index (χ4v) is 4.08. The molecule has 2 heterocycles. The number of thiophene rings is 1. The van der Waals surface area contributed by atoms with Crippen molar-refractivity contribution in [1.82, 2.24) is 4.98 Å². The normalized spacial score (nSPS) is 10.3. The molecule has 0 spiro atoms. The van der Waals surface area contributed by atoms with Crippen molar-refractivity contribution >= 4 is 50.6 Å². The topological polar surface area (TPSA) is 85.8 Å². The van der Waals surface area contributed by atoms with Crippen LogP contribution in [0, 0.1) is 11.3 Å². The van der Waals surface area contributed by atoms with Crippen molar-refractivity contribution in [3.8, 4) is 16.5 Å². The van der Waals surface area contributed by atoms with Crippen LogP contribution in [0.3, 0.4) is 0 Å². The molecule has 0 fully saturated rings. The number of hydrogen-bond donors (Lipinski definition) is 2.